The van der Waals surface area contributed by atoms with E-state index in [-0.39, 0.29) is 23.5 Å². The van der Waals surface area contributed by atoms with Crippen molar-refractivity contribution in [1.82, 2.24) is 4.90 Å². The second kappa shape index (κ2) is 6.03. The van der Waals surface area contributed by atoms with Gasteiger partial charge in [-0.1, -0.05) is 0 Å². The van der Waals surface area contributed by atoms with E-state index in [1.54, 1.807) is 11.8 Å². The molecule has 4 nitrogen and oxygen atoms in total. The number of aryl methyl sites for hydroxylation is 1. The summed E-state index contributed by atoms with van der Waals surface area (Å²) in [6.07, 6.45) is 1.96. The number of benzene rings is 1. The molecule has 0 atom stereocenters. The Labute approximate surface area is 117 Å². The van der Waals surface area contributed by atoms with Crippen molar-refractivity contribution in [3.05, 3.63) is 35.1 Å². The number of carbonyl (C=O) groups is 2. The van der Waals surface area contributed by atoms with Gasteiger partial charge in [0.2, 0.25) is 5.91 Å². The van der Waals surface area contributed by atoms with E-state index >= 15 is 0 Å². The lowest BCUT2D eigenvalue weighted by molar-refractivity contribution is -0.119. The van der Waals surface area contributed by atoms with Crippen molar-refractivity contribution in [2.75, 3.05) is 13.1 Å². The zero-order valence-corrected chi connectivity index (χ0v) is 11.6. The molecule has 0 spiro atoms. The van der Waals surface area contributed by atoms with Crippen molar-refractivity contribution in [3.63, 3.8) is 0 Å². The fourth-order valence-electron chi connectivity index (χ4n) is 2.66. The summed E-state index contributed by atoms with van der Waals surface area (Å²) >= 11 is 0. The number of nitrogens with two attached hydrogens (primary N) is 1. The Hall–Kier alpha value is -1.91. The Morgan fingerprint density at radius 1 is 1.35 bits per heavy atom. The molecular formula is C15H19FN2O2. The molecule has 1 aromatic rings. The molecule has 1 heterocycles. The second-order valence-corrected chi connectivity index (χ2v) is 5.37. The number of piperidine rings is 1. The van der Waals surface area contributed by atoms with E-state index in [1.165, 1.54) is 18.2 Å². The number of nitrogens with zero attached hydrogens (tertiary/aromatic N) is 1. The van der Waals surface area contributed by atoms with Gasteiger partial charge in [-0.05, 0) is 49.4 Å². The molecule has 0 unspecified atom stereocenters. The Morgan fingerprint density at radius 3 is 2.55 bits per heavy atom. The Morgan fingerprint density at radius 2 is 2.00 bits per heavy atom. The Kier molecular flexibility index (Phi) is 4.37. The van der Waals surface area contributed by atoms with Gasteiger partial charge in [-0.15, -0.1) is 0 Å². The number of amides is 2. The van der Waals surface area contributed by atoms with E-state index in [0.717, 1.165) is 12.8 Å². The van der Waals surface area contributed by atoms with Crippen molar-refractivity contribution in [3.8, 4) is 0 Å². The summed E-state index contributed by atoms with van der Waals surface area (Å²) in [5, 5.41) is 0. The predicted octanol–water partition coefficient (Wildman–Crippen LogP) is 1.86. The van der Waals surface area contributed by atoms with E-state index in [9.17, 15) is 14.0 Å². The SMILES string of the molecule is Cc1cc(F)ccc1C(=O)N1CCC(CC(N)=O)CC1. The molecule has 5 heteroatoms. The molecule has 0 bridgehead atoms. The summed E-state index contributed by atoms with van der Waals surface area (Å²) in [4.78, 5) is 25.0. The summed E-state index contributed by atoms with van der Waals surface area (Å²) in [6, 6.07) is 4.20. The number of primary amides is 1. The highest BCUT2D eigenvalue weighted by Gasteiger charge is 2.25. The van der Waals surface area contributed by atoms with Crippen molar-refractivity contribution in [2.45, 2.75) is 26.2 Å². The zero-order chi connectivity index (χ0) is 14.7. The first-order chi connectivity index (χ1) is 9.47. The van der Waals surface area contributed by atoms with E-state index in [1.807, 2.05) is 0 Å². The fraction of sp³-hybridized carbons (Fsp3) is 0.467. The first-order valence-electron chi connectivity index (χ1n) is 6.81. The second-order valence-electron chi connectivity index (χ2n) is 5.37. The van der Waals surface area contributed by atoms with Gasteiger partial charge in [0.25, 0.3) is 5.91 Å². The number of hydrogen-bond acceptors (Lipinski definition) is 2. The molecule has 2 rings (SSSR count). The third-order valence-electron chi connectivity index (χ3n) is 3.81. The van der Waals surface area contributed by atoms with Gasteiger partial charge in [-0.25, -0.2) is 4.39 Å². The topological polar surface area (TPSA) is 63.4 Å². The van der Waals surface area contributed by atoms with Gasteiger partial charge in [-0.3, -0.25) is 9.59 Å². The third kappa shape index (κ3) is 3.35. The summed E-state index contributed by atoms with van der Waals surface area (Å²) in [5.41, 5.74) is 6.38. The zero-order valence-electron chi connectivity index (χ0n) is 11.6. The van der Waals surface area contributed by atoms with Gasteiger partial charge >= 0.3 is 0 Å². The highest BCUT2D eigenvalue weighted by molar-refractivity contribution is 5.95. The number of hydrogen-bond donors (Lipinski definition) is 1. The molecule has 0 saturated carbocycles. The van der Waals surface area contributed by atoms with E-state index in [4.69, 9.17) is 5.73 Å². The third-order valence-corrected chi connectivity index (χ3v) is 3.81. The van der Waals surface area contributed by atoms with Crippen LogP contribution in [0.3, 0.4) is 0 Å². The summed E-state index contributed by atoms with van der Waals surface area (Å²) in [5.74, 6) is -0.422. The minimum absolute atomic E-state index is 0.0694. The van der Waals surface area contributed by atoms with Crippen LogP contribution in [0.25, 0.3) is 0 Å². The Balaban J connectivity index is 1.99. The van der Waals surface area contributed by atoms with Gasteiger partial charge < -0.3 is 10.6 Å². The minimum atomic E-state index is -0.334. The summed E-state index contributed by atoms with van der Waals surface area (Å²) in [7, 11) is 0. The van der Waals surface area contributed by atoms with Crippen LogP contribution in [0.5, 0.6) is 0 Å². The molecule has 108 valence electrons. The van der Waals surface area contributed by atoms with Crippen molar-refractivity contribution in [2.24, 2.45) is 11.7 Å². The number of halogens is 1. The van der Waals surface area contributed by atoms with Crippen LogP contribution in [0.1, 0.15) is 35.2 Å². The highest BCUT2D eigenvalue weighted by atomic mass is 19.1. The smallest absolute Gasteiger partial charge is 0.254 e. The van der Waals surface area contributed by atoms with Crippen molar-refractivity contribution in [1.29, 1.82) is 0 Å². The summed E-state index contributed by atoms with van der Waals surface area (Å²) in [6.45, 7) is 2.97. The lowest BCUT2D eigenvalue weighted by Crippen LogP contribution is -2.39. The molecule has 0 aliphatic carbocycles. The van der Waals surface area contributed by atoms with Crippen LogP contribution in [0.15, 0.2) is 18.2 Å². The van der Waals surface area contributed by atoms with Crippen LogP contribution in [-0.2, 0) is 4.79 Å². The standard InChI is InChI=1S/C15H19FN2O2/c1-10-8-12(16)2-3-13(10)15(20)18-6-4-11(5-7-18)9-14(17)19/h2-3,8,11H,4-7,9H2,1H3,(H2,17,19). The average Bonchev–Trinajstić information content (AvgIpc) is 2.38. The van der Waals surface area contributed by atoms with Crippen LogP contribution in [0.4, 0.5) is 4.39 Å². The molecular weight excluding hydrogens is 259 g/mol. The molecule has 1 aromatic carbocycles. The van der Waals surface area contributed by atoms with E-state index in [0.29, 0.717) is 30.6 Å². The molecule has 1 fully saturated rings. The molecule has 0 radical (unpaired) electrons. The first-order valence-corrected chi connectivity index (χ1v) is 6.81. The summed E-state index contributed by atoms with van der Waals surface area (Å²) < 4.78 is 13.1. The molecule has 1 saturated heterocycles. The lowest BCUT2D eigenvalue weighted by Gasteiger charge is -2.32. The largest absolute Gasteiger partial charge is 0.370 e. The molecule has 20 heavy (non-hydrogen) atoms. The predicted molar refractivity (Wildman–Crippen MR) is 73.6 cm³/mol. The van der Waals surface area contributed by atoms with E-state index < -0.39 is 0 Å². The Bertz CT molecular complexity index is 523. The fourth-order valence-corrected chi connectivity index (χ4v) is 2.66. The molecule has 2 amide bonds. The van der Waals surface area contributed by atoms with Crippen molar-refractivity contribution >= 4 is 11.8 Å². The van der Waals surface area contributed by atoms with Crippen LogP contribution < -0.4 is 5.73 Å². The number of likely N-dealkylation sites (tertiary alicyclic amines) is 1. The van der Waals surface area contributed by atoms with Gasteiger partial charge in [0.05, 0.1) is 0 Å². The molecule has 0 aromatic heterocycles. The van der Waals surface area contributed by atoms with Crippen LogP contribution in [0, 0.1) is 18.7 Å². The quantitative estimate of drug-likeness (QED) is 0.917. The van der Waals surface area contributed by atoms with Gasteiger partial charge in [0.1, 0.15) is 5.82 Å². The normalized spacial score (nSPS) is 16.2. The number of carbonyl (C=O) groups excluding carboxylic acids is 2. The maximum atomic E-state index is 13.1. The van der Waals surface area contributed by atoms with E-state index in [2.05, 4.69) is 0 Å². The van der Waals surface area contributed by atoms with Crippen LogP contribution in [0.2, 0.25) is 0 Å². The maximum Gasteiger partial charge on any atom is 0.254 e. The monoisotopic (exact) mass is 278 g/mol. The lowest BCUT2D eigenvalue weighted by atomic mass is 9.93. The minimum Gasteiger partial charge on any atom is -0.370 e. The van der Waals surface area contributed by atoms with Gasteiger partial charge in [0.15, 0.2) is 0 Å². The first kappa shape index (κ1) is 14.5. The molecule has 1 aliphatic rings. The van der Waals surface area contributed by atoms with Crippen molar-refractivity contribution < 1.29 is 14.0 Å². The average molecular weight is 278 g/mol. The van der Waals surface area contributed by atoms with Gasteiger partial charge in [0, 0.05) is 25.1 Å². The van der Waals surface area contributed by atoms with Crippen LogP contribution >= 0.6 is 0 Å². The molecule has 1 aliphatic heterocycles. The maximum absolute atomic E-state index is 13.1. The highest BCUT2D eigenvalue weighted by Crippen LogP contribution is 2.22. The van der Waals surface area contributed by atoms with Crippen LogP contribution in [-0.4, -0.2) is 29.8 Å². The number of rotatable bonds is 3. The van der Waals surface area contributed by atoms with Gasteiger partial charge in [-0.2, -0.15) is 0 Å². The molecule has 2 N–H and O–H groups in total.